The summed E-state index contributed by atoms with van der Waals surface area (Å²) >= 11 is 0. The number of aliphatic carboxylic acids is 1. The van der Waals surface area contributed by atoms with E-state index in [1.807, 2.05) is 0 Å². The van der Waals surface area contributed by atoms with E-state index in [0.29, 0.717) is 6.42 Å². The minimum absolute atomic E-state index is 0.0290. The monoisotopic (exact) mass is 436 g/mol. The number of hydrogen-bond acceptors (Lipinski definition) is 5. The van der Waals surface area contributed by atoms with Crippen LogP contribution in [0.1, 0.15) is 104 Å². The second-order valence-corrected chi connectivity index (χ2v) is 9.79. The Bertz CT molecular complexity index is 543. The Labute approximate surface area is 176 Å². The molecular weight excluding hydrogens is 396 g/mol. The molecule has 8 heteroatoms. The molecule has 29 heavy (non-hydrogen) atoms. The summed E-state index contributed by atoms with van der Waals surface area (Å²) in [4.78, 5) is 22.3. The summed E-state index contributed by atoms with van der Waals surface area (Å²) in [5.74, 6) is -1.89. The molecule has 0 aromatic rings. The van der Waals surface area contributed by atoms with E-state index in [-0.39, 0.29) is 6.61 Å². The van der Waals surface area contributed by atoms with Crippen molar-refractivity contribution >= 4 is 22.1 Å². The van der Waals surface area contributed by atoms with Crippen molar-refractivity contribution in [2.75, 3.05) is 6.61 Å². The van der Waals surface area contributed by atoms with E-state index in [1.165, 1.54) is 57.8 Å². The molecule has 0 bridgehead atoms. The first-order chi connectivity index (χ1) is 13.6. The lowest BCUT2D eigenvalue weighted by atomic mass is 10.0. The van der Waals surface area contributed by atoms with Crippen molar-refractivity contribution in [1.82, 2.24) is 0 Å². The molecule has 2 N–H and O–H groups in total. The van der Waals surface area contributed by atoms with Gasteiger partial charge in [0.05, 0.1) is 13.0 Å². The summed E-state index contributed by atoms with van der Waals surface area (Å²) in [6.45, 7) is 4.57. The summed E-state index contributed by atoms with van der Waals surface area (Å²) in [5.41, 5.74) is 0. The summed E-state index contributed by atoms with van der Waals surface area (Å²) in [5, 5.41) is 6.57. The highest BCUT2D eigenvalue weighted by Gasteiger charge is 2.34. The van der Waals surface area contributed by atoms with Gasteiger partial charge in [-0.1, -0.05) is 90.9 Å². The lowest BCUT2D eigenvalue weighted by Crippen LogP contribution is -2.34. The molecule has 1 unspecified atom stereocenters. The summed E-state index contributed by atoms with van der Waals surface area (Å²) < 4.78 is 35.9. The summed E-state index contributed by atoms with van der Waals surface area (Å²) in [6, 6.07) is 0. The van der Waals surface area contributed by atoms with Crippen molar-refractivity contribution < 1.29 is 32.4 Å². The lowest BCUT2D eigenvalue weighted by Gasteiger charge is -2.11. The van der Waals surface area contributed by atoms with Crippen LogP contribution in [0.2, 0.25) is 0 Å². The molecule has 7 nitrogen and oxygen atoms in total. The van der Waals surface area contributed by atoms with Gasteiger partial charge in [-0.15, -0.1) is 0 Å². The van der Waals surface area contributed by atoms with E-state index < -0.39 is 33.7 Å². The Hall–Kier alpha value is -1.15. The van der Waals surface area contributed by atoms with Crippen LogP contribution in [0.3, 0.4) is 0 Å². The Balaban J connectivity index is 3.55. The molecular formula is C21H40O7S. The number of carboxylic acids is 1. The first-order valence-electron chi connectivity index (χ1n) is 11.0. The summed E-state index contributed by atoms with van der Waals surface area (Å²) in [6.07, 6.45) is 14.3. The Morgan fingerprint density at radius 3 is 1.59 bits per heavy atom. The van der Waals surface area contributed by atoms with Gasteiger partial charge in [0, 0.05) is 0 Å². The van der Waals surface area contributed by atoms with Crippen LogP contribution in [-0.4, -0.2) is 41.9 Å². The second kappa shape index (κ2) is 16.6. The van der Waals surface area contributed by atoms with Gasteiger partial charge in [-0.05, 0) is 12.3 Å². The second-order valence-electron chi connectivity index (χ2n) is 8.19. The van der Waals surface area contributed by atoms with Crippen molar-refractivity contribution in [2.24, 2.45) is 5.92 Å². The van der Waals surface area contributed by atoms with E-state index >= 15 is 0 Å². The molecule has 0 aliphatic heterocycles. The standard InChI is InChI=1S/C21H40O7S/c1-18(2)15-13-11-9-7-5-3-4-6-8-10-12-14-16-28-21(24)19(17-20(22)23)29(25,26)27/h18-19H,3-17H2,1-2H3,(H,22,23)(H,25,26,27). The molecule has 1 atom stereocenters. The number of rotatable bonds is 19. The van der Waals surface area contributed by atoms with Gasteiger partial charge in [-0.3, -0.25) is 14.1 Å². The first-order valence-corrected chi connectivity index (χ1v) is 12.5. The highest BCUT2D eigenvalue weighted by atomic mass is 32.2. The molecule has 0 saturated heterocycles. The average molecular weight is 437 g/mol. The largest absolute Gasteiger partial charge is 0.481 e. The van der Waals surface area contributed by atoms with Gasteiger partial charge >= 0.3 is 11.9 Å². The fourth-order valence-corrected chi connectivity index (χ4v) is 3.82. The highest BCUT2D eigenvalue weighted by Crippen LogP contribution is 2.14. The highest BCUT2D eigenvalue weighted by molar-refractivity contribution is 7.87. The van der Waals surface area contributed by atoms with E-state index in [2.05, 4.69) is 13.8 Å². The zero-order valence-corrected chi connectivity index (χ0v) is 18.9. The average Bonchev–Trinajstić information content (AvgIpc) is 2.61. The van der Waals surface area contributed by atoms with E-state index in [1.54, 1.807) is 0 Å². The number of unbranched alkanes of at least 4 members (excludes halogenated alkanes) is 11. The van der Waals surface area contributed by atoms with Gasteiger partial charge in [0.2, 0.25) is 0 Å². The van der Waals surface area contributed by atoms with Crippen LogP contribution >= 0.6 is 0 Å². The van der Waals surface area contributed by atoms with Crippen molar-refractivity contribution in [3.8, 4) is 0 Å². The SMILES string of the molecule is CC(C)CCCCCCCCCCCCCCOC(=O)C(CC(=O)O)S(=O)(=O)O. The van der Waals surface area contributed by atoms with Crippen LogP contribution in [-0.2, 0) is 24.4 Å². The zero-order valence-electron chi connectivity index (χ0n) is 18.1. The fraction of sp³-hybridized carbons (Fsp3) is 0.905. The minimum Gasteiger partial charge on any atom is -0.481 e. The van der Waals surface area contributed by atoms with Crippen LogP contribution < -0.4 is 0 Å². The van der Waals surface area contributed by atoms with Crippen molar-refractivity contribution in [1.29, 1.82) is 0 Å². The number of ether oxygens (including phenoxy) is 1. The third-order valence-electron chi connectivity index (χ3n) is 4.90. The first kappa shape index (κ1) is 27.8. The van der Waals surface area contributed by atoms with Crippen molar-refractivity contribution in [2.45, 2.75) is 109 Å². The molecule has 0 aromatic heterocycles. The maximum atomic E-state index is 11.6. The molecule has 0 spiro atoms. The molecule has 172 valence electrons. The normalized spacial score (nSPS) is 12.8. The van der Waals surface area contributed by atoms with Gasteiger partial charge in [0.1, 0.15) is 0 Å². The number of hydrogen-bond donors (Lipinski definition) is 2. The smallest absolute Gasteiger partial charge is 0.327 e. The number of carbonyl (C=O) groups excluding carboxylic acids is 1. The molecule has 0 radical (unpaired) electrons. The van der Waals surface area contributed by atoms with Gasteiger partial charge in [0.15, 0.2) is 5.25 Å². The lowest BCUT2D eigenvalue weighted by molar-refractivity contribution is -0.147. The summed E-state index contributed by atoms with van der Waals surface area (Å²) in [7, 11) is -4.79. The predicted molar refractivity (Wildman–Crippen MR) is 113 cm³/mol. The van der Waals surface area contributed by atoms with Crippen LogP contribution in [0.5, 0.6) is 0 Å². The molecule has 0 saturated carbocycles. The molecule has 0 aliphatic rings. The third-order valence-corrected chi connectivity index (χ3v) is 5.98. The molecule has 0 fully saturated rings. The van der Waals surface area contributed by atoms with E-state index in [4.69, 9.17) is 14.4 Å². The van der Waals surface area contributed by atoms with Gasteiger partial charge < -0.3 is 9.84 Å². The van der Waals surface area contributed by atoms with Gasteiger partial charge in [-0.25, -0.2) is 0 Å². The molecule has 0 aromatic carbocycles. The quantitative estimate of drug-likeness (QED) is 0.166. The van der Waals surface area contributed by atoms with E-state index in [0.717, 1.165) is 25.2 Å². The predicted octanol–water partition coefficient (Wildman–Crippen LogP) is 4.99. The Morgan fingerprint density at radius 1 is 0.793 bits per heavy atom. The maximum Gasteiger partial charge on any atom is 0.327 e. The third kappa shape index (κ3) is 17.4. The Kier molecular flexibility index (Phi) is 16.0. The number of carbonyl (C=O) groups is 2. The van der Waals surface area contributed by atoms with Crippen molar-refractivity contribution in [3.63, 3.8) is 0 Å². The maximum absolute atomic E-state index is 11.6. The van der Waals surface area contributed by atoms with Gasteiger partial charge in [-0.2, -0.15) is 8.42 Å². The topological polar surface area (TPSA) is 118 Å². The fourth-order valence-electron chi connectivity index (χ4n) is 3.16. The van der Waals surface area contributed by atoms with Crippen LogP contribution in [0.15, 0.2) is 0 Å². The number of esters is 1. The van der Waals surface area contributed by atoms with Crippen LogP contribution in [0, 0.1) is 5.92 Å². The Morgan fingerprint density at radius 2 is 1.21 bits per heavy atom. The minimum atomic E-state index is -4.79. The molecule has 0 heterocycles. The zero-order chi connectivity index (χ0) is 22.1. The van der Waals surface area contributed by atoms with Crippen LogP contribution in [0.25, 0.3) is 0 Å². The van der Waals surface area contributed by atoms with E-state index in [9.17, 15) is 18.0 Å². The van der Waals surface area contributed by atoms with Crippen molar-refractivity contribution in [3.05, 3.63) is 0 Å². The molecule has 0 amide bonds. The van der Waals surface area contributed by atoms with Gasteiger partial charge in [0.25, 0.3) is 10.1 Å². The molecule has 0 aliphatic carbocycles. The molecule has 0 rings (SSSR count). The number of carboxylic acid groups (broad SMARTS) is 1. The van der Waals surface area contributed by atoms with Crippen LogP contribution in [0.4, 0.5) is 0 Å².